The van der Waals surface area contributed by atoms with Gasteiger partial charge in [0.25, 0.3) is 0 Å². The summed E-state index contributed by atoms with van der Waals surface area (Å²) in [4.78, 5) is 11.1. The number of hydrogen-bond acceptors (Lipinski definition) is 4. The summed E-state index contributed by atoms with van der Waals surface area (Å²) in [6.45, 7) is 2.44. The number of carbonyl (C=O) groups excluding carboxylic acids is 1. The number of ether oxygens (including phenoxy) is 2. The molecule has 0 bridgehead atoms. The second kappa shape index (κ2) is 8.43. The van der Waals surface area contributed by atoms with Gasteiger partial charge in [-0.05, 0) is 37.5 Å². The molecule has 0 fully saturated rings. The molecule has 1 rings (SSSR count). The van der Waals surface area contributed by atoms with E-state index in [0.717, 1.165) is 12.0 Å². The average molecular weight is 280 g/mol. The van der Waals surface area contributed by atoms with Gasteiger partial charge in [0, 0.05) is 19.5 Å². The van der Waals surface area contributed by atoms with Crippen LogP contribution in [0.2, 0.25) is 0 Å². The van der Waals surface area contributed by atoms with Crippen LogP contribution in [0.5, 0.6) is 11.5 Å². The van der Waals surface area contributed by atoms with Crippen LogP contribution in [0.15, 0.2) is 18.2 Å². The lowest BCUT2D eigenvalue weighted by Gasteiger charge is -2.13. The van der Waals surface area contributed by atoms with Gasteiger partial charge in [0.1, 0.15) is 0 Å². The summed E-state index contributed by atoms with van der Waals surface area (Å²) in [5.41, 5.74) is 6.91. The van der Waals surface area contributed by atoms with Gasteiger partial charge >= 0.3 is 0 Å². The molecule has 0 radical (unpaired) electrons. The molecular weight excluding hydrogens is 256 g/mol. The van der Waals surface area contributed by atoms with Crippen molar-refractivity contribution in [1.82, 2.24) is 5.32 Å². The maximum Gasteiger partial charge on any atom is 0.219 e. The highest BCUT2D eigenvalue weighted by atomic mass is 16.5. The Bertz CT molecular complexity index is 433. The molecule has 0 aromatic heterocycles. The van der Waals surface area contributed by atoms with Gasteiger partial charge in [0.05, 0.1) is 13.7 Å². The third kappa shape index (κ3) is 5.48. The van der Waals surface area contributed by atoms with Crippen molar-refractivity contribution in [3.05, 3.63) is 23.8 Å². The lowest BCUT2D eigenvalue weighted by atomic mass is 10.1. The van der Waals surface area contributed by atoms with Crippen molar-refractivity contribution in [2.45, 2.75) is 32.2 Å². The van der Waals surface area contributed by atoms with Crippen LogP contribution in [0.3, 0.4) is 0 Å². The monoisotopic (exact) mass is 280 g/mol. The van der Waals surface area contributed by atoms with Gasteiger partial charge in [-0.1, -0.05) is 6.07 Å². The number of benzene rings is 1. The first kappa shape index (κ1) is 16.3. The molecule has 0 saturated heterocycles. The minimum atomic E-state index is 0.0197. The van der Waals surface area contributed by atoms with Gasteiger partial charge in [-0.15, -0.1) is 0 Å². The van der Waals surface area contributed by atoms with E-state index >= 15 is 0 Å². The number of nitrogens with one attached hydrogen (secondary N) is 1. The molecule has 0 aliphatic heterocycles. The molecule has 0 saturated carbocycles. The quantitative estimate of drug-likeness (QED) is 0.708. The van der Waals surface area contributed by atoms with Crippen molar-refractivity contribution in [3.8, 4) is 11.5 Å². The van der Waals surface area contributed by atoms with Gasteiger partial charge < -0.3 is 20.5 Å². The molecule has 3 N–H and O–H groups in total. The highest BCUT2D eigenvalue weighted by Crippen LogP contribution is 2.28. The lowest BCUT2D eigenvalue weighted by molar-refractivity contribution is -0.120. The molecule has 1 aromatic carbocycles. The number of carbonyl (C=O) groups is 1. The zero-order valence-corrected chi connectivity index (χ0v) is 12.4. The van der Waals surface area contributed by atoms with Crippen molar-refractivity contribution in [3.63, 3.8) is 0 Å². The van der Waals surface area contributed by atoms with E-state index in [4.69, 9.17) is 15.2 Å². The van der Waals surface area contributed by atoms with E-state index in [1.807, 2.05) is 25.1 Å². The summed E-state index contributed by atoms with van der Waals surface area (Å²) < 4.78 is 11.0. The average Bonchev–Trinajstić information content (AvgIpc) is 2.43. The zero-order chi connectivity index (χ0) is 15.0. The highest BCUT2D eigenvalue weighted by Gasteiger charge is 2.07. The molecule has 20 heavy (non-hydrogen) atoms. The van der Waals surface area contributed by atoms with Crippen LogP contribution in [0, 0.1) is 0 Å². The minimum Gasteiger partial charge on any atom is -0.493 e. The first-order valence-corrected chi connectivity index (χ1v) is 6.82. The zero-order valence-electron chi connectivity index (χ0n) is 12.4. The first-order valence-electron chi connectivity index (χ1n) is 6.82. The molecule has 0 heterocycles. The van der Waals surface area contributed by atoms with E-state index < -0.39 is 0 Å². The molecule has 0 aliphatic rings. The third-order valence-corrected chi connectivity index (χ3v) is 2.87. The van der Waals surface area contributed by atoms with Crippen LogP contribution in [0.25, 0.3) is 0 Å². The van der Waals surface area contributed by atoms with Crippen molar-refractivity contribution in [1.29, 1.82) is 0 Å². The van der Waals surface area contributed by atoms with Crippen molar-refractivity contribution >= 4 is 5.91 Å². The Labute approximate surface area is 120 Å². The second-order valence-electron chi connectivity index (χ2n) is 4.79. The smallest absolute Gasteiger partial charge is 0.219 e. The molecule has 5 heteroatoms. The standard InChI is InChI=1S/C15H24N2O3/c1-11(16)9-12-6-7-13(19-3)14(10-12)20-8-4-5-15(18)17-2/h6-7,10-11H,4-5,8-9,16H2,1-3H3,(H,17,18). The molecular formula is C15H24N2O3. The van der Waals surface area contributed by atoms with Gasteiger partial charge in [-0.3, -0.25) is 4.79 Å². The number of hydrogen-bond donors (Lipinski definition) is 2. The Morgan fingerprint density at radius 3 is 2.75 bits per heavy atom. The summed E-state index contributed by atoms with van der Waals surface area (Å²) in [5.74, 6) is 1.41. The highest BCUT2D eigenvalue weighted by molar-refractivity contribution is 5.75. The largest absolute Gasteiger partial charge is 0.493 e. The van der Waals surface area contributed by atoms with Crippen LogP contribution in [-0.4, -0.2) is 32.7 Å². The van der Waals surface area contributed by atoms with E-state index in [1.165, 1.54) is 0 Å². The number of nitrogens with two attached hydrogens (primary N) is 1. The predicted molar refractivity (Wildman–Crippen MR) is 79.1 cm³/mol. The summed E-state index contributed by atoms with van der Waals surface area (Å²) in [6.07, 6.45) is 1.91. The van der Waals surface area contributed by atoms with E-state index in [9.17, 15) is 4.79 Å². The topological polar surface area (TPSA) is 73.6 Å². The Hall–Kier alpha value is -1.75. The Morgan fingerprint density at radius 1 is 1.40 bits per heavy atom. The maximum atomic E-state index is 11.1. The number of amides is 1. The Balaban J connectivity index is 2.59. The third-order valence-electron chi connectivity index (χ3n) is 2.87. The molecule has 1 amide bonds. The first-order chi connectivity index (χ1) is 9.56. The van der Waals surface area contributed by atoms with Gasteiger partial charge in [0.15, 0.2) is 11.5 Å². The fourth-order valence-electron chi connectivity index (χ4n) is 1.87. The number of rotatable bonds is 8. The normalized spacial score (nSPS) is 11.8. The SMILES string of the molecule is CNC(=O)CCCOc1cc(CC(C)N)ccc1OC. The van der Waals surface area contributed by atoms with Gasteiger partial charge in [-0.2, -0.15) is 0 Å². The minimum absolute atomic E-state index is 0.0197. The lowest BCUT2D eigenvalue weighted by Crippen LogP contribution is -2.18. The van der Waals surface area contributed by atoms with Crippen LogP contribution in [0.4, 0.5) is 0 Å². The summed E-state index contributed by atoms with van der Waals surface area (Å²) >= 11 is 0. The number of methoxy groups -OCH3 is 1. The molecule has 1 aromatic rings. The molecule has 0 aliphatic carbocycles. The van der Waals surface area contributed by atoms with E-state index in [0.29, 0.717) is 30.9 Å². The predicted octanol–water partition coefficient (Wildman–Crippen LogP) is 1.49. The van der Waals surface area contributed by atoms with Crippen LogP contribution < -0.4 is 20.5 Å². The molecule has 1 atom stereocenters. The van der Waals surface area contributed by atoms with Crippen molar-refractivity contribution < 1.29 is 14.3 Å². The van der Waals surface area contributed by atoms with Gasteiger partial charge in [0.2, 0.25) is 5.91 Å². The van der Waals surface area contributed by atoms with E-state index in [-0.39, 0.29) is 11.9 Å². The van der Waals surface area contributed by atoms with Crippen molar-refractivity contribution in [2.75, 3.05) is 20.8 Å². The molecule has 5 nitrogen and oxygen atoms in total. The van der Waals surface area contributed by atoms with Gasteiger partial charge in [-0.25, -0.2) is 0 Å². The summed E-state index contributed by atoms with van der Waals surface area (Å²) in [6, 6.07) is 5.91. The van der Waals surface area contributed by atoms with Crippen LogP contribution in [0.1, 0.15) is 25.3 Å². The molecule has 112 valence electrons. The van der Waals surface area contributed by atoms with E-state index in [1.54, 1.807) is 14.2 Å². The Morgan fingerprint density at radius 2 is 2.15 bits per heavy atom. The maximum absolute atomic E-state index is 11.1. The second-order valence-corrected chi connectivity index (χ2v) is 4.79. The summed E-state index contributed by atoms with van der Waals surface area (Å²) in [7, 11) is 3.24. The van der Waals surface area contributed by atoms with Crippen LogP contribution >= 0.6 is 0 Å². The molecule has 0 spiro atoms. The Kier molecular flexibility index (Phi) is 6.87. The van der Waals surface area contributed by atoms with Crippen LogP contribution in [-0.2, 0) is 11.2 Å². The summed E-state index contributed by atoms with van der Waals surface area (Å²) in [5, 5.41) is 2.58. The van der Waals surface area contributed by atoms with E-state index in [2.05, 4.69) is 5.32 Å². The van der Waals surface area contributed by atoms with Crippen molar-refractivity contribution in [2.24, 2.45) is 5.73 Å². The fraction of sp³-hybridized carbons (Fsp3) is 0.533. The molecule has 1 unspecified atom stereocenters. The fourth-order valence-corrected chi connectivity index (χ4v) is 1.87.